The van der Waals surface area contributed by atoms with E-state index in [1.165, 1.54) is 0 Å². The Balaban J connectivity index is 5.32. The molecule has 112 valence electrons. The van der Waals surface area contributed by atoms with Gasteiger partial charge in [0.2, 0.25) is 0 Å². The average molecular weight is 296 g/mol. The lowest BCUT2D eigenvalue weighted by Gasteiger charge is -2.18. The smallest absolute Gasteiger partial charge is 0.422 e. The molecule has 0 N–H and O–H groups in total. The largest absolute Gasteiger partial charge is 0.462 e. The second kappa shape index (κ2) is 9.23. The lowest BCUT2D eigenvalue weighted by molar-refractivity contribution is -0.261. The molecule has 0 saturated heterocycles. The Morgan fingerprint density at radius 3 is 1.74 bits per heavy atom. The first kappa shape index (κ1) is 18.3. The molecule has 0 fully saturated rings. The Kier molecular flexibility index (Phi) is 8.88. The zero-order valence-corrected chi connectivity index (χ0v) is 12.8. The van der Waals surface area contributed by atoms with E-state index in [1.54, 1.807) is 34.6 Å². The highest BCUT2D eigenvalue weighted by atomic mass is 31.2. The van der Waals surface area contributed by atoms with Gasteiger partial charge in [0.05, 0.1) is 19.8 Å². The van der Waals surface area contributed by atoms with Crippen molar-refractivity contribution in [1.82, 2.24) is 0 Å². The van der Waals surface area contributed by atoms with Crippen LogP contribution in [0.4, 0.5) is 0 Å². The molecule has 0 radical (unpaired) electrons. The molecule has 0 rings (SSSR count). The standard InChI is InChI=1S/C11H21O7P/c1-6-14-11(12)10(9(4)5)19(13,17-15-7-2)18-16-8-3/h6-8H2,1-5H3. The summed E-state index contributed by atoms with van der Waals surface area (Å²) in [5, 5.41) is -0.226. The highest BCUT2D eigenvalue weighted by molar-refractivity contribution is 7.59. The van der Waals surface area contributed by atoms with Crippen LogP contribution in [0.25, 0.3) is 0 Å². The number of allylic oxidation sites excluding steroid dienone is 1. The van der Waals surface area contributed by atoms with Crippen molar-refractivity contribution in [1.29, 1.82) is 0 Å². The Morgan fingerprint density at radius 1 is 0.947 bits per heavy atom. The van der Waals surface area contributed by atoms with Crippen molar-refractivity contribution in [2.75, 3.05) is 19.8 Å². The summed E-state index contributed by atoms with van der Waals surface area (Å²) in [5.41, 5.74) is 0.432. The van der Waals surface area contributed by atoms with Crippen LogP contribution >= 0.6 is 7.60 Å². The van der Waals surface area contributed by atoms with E-state index in [0.717, 1.165) is 0 Å². The molecule has 0 saturated carbocycles. The molecule has 0 aliphatic heterocycles. The van der Waals surface area contributed by atoms with Crippen LogP contribution in [0.1, 0.15) is 34.6 Å². The molecule has 0 spiro atoms. The van der Waals surface area contributed by atoms with Gasteiger partial charge in [0, 0.05) is 0 Å². The molecule has 0 unspecified atom stereocenters. The zero-order chi connectivity index (χ0) is 14.9. The van der Waals surface area contributed by atoms with Gasteiger partial charge in [-0.3, -0.25) is 0 Å². The summed E-state index contributed by atoms with van der Waals surface area (Å²) < 4.78 is 26.8. The first-order chi connectivity index (χ1) is 8.92. The van der Waals surface area contributed by atoms with Gasteiger partial charge in [-0.15, -0.1) is 9.35 Å². The summed E-state index contributed by atoms with van der Waals surface area (Å²) in [6.07, 6.45) is 0. The van der Waals surface area contributed by atoms with Crippen molar-refractivity contribution in [3.05, 3.63) is 10.9 Å². The second-order valence-corrected chi connectivity index (χ2v) is 5.27. The Hall–Kier alpha value is -0.720. The molecule has 0 bridgehead atoms. The minimum Gasteiger partial charge on any atom is -0.462 e. The third kappa shape index (κ3) is 5.84. The van der Waals surface area contributed by atoms with Crippen LogP contribution in [-0.2, 0) is 33.2 Å². The van der Waals surface area contributed by atoms with Crippen molar-refractivity contribution in [3.8, 4) is 0 Å². The van der Waals surface area contributed by atoms with Gasteiger partial charge in [-0.1, -0.05) is 5.57 Å². The van der Waals surface area contributed by atoms with Crippen LogP contribution < -0.4 is 0 Å². The van der Waals surface area contributed by atoms with Gasteiger partial charge in [0.25, 0.3) is 0 Å². The monoisotopic (exact) mass is 296 g/mol. The molecule has 0 aliphatic rings. The van der Waals surface area contributed by atoms with Gasteiger partial charge >= 0.3 is 13.6 Å². The van der Waals surface area contributed by atoms with Gasteiger partial charge in [-0.2, -0.15) is 0 Å². The van der Waals surface area contributed by atoms with Crippen molar-refractivity contribution in [2.24, 2.45) is 0 Å². The minimum absolute atomic E-state index is 0.137. The number of rotatable bonds is 9. The van der Waals surface area contributed by atoms with Gasteiger partial charge in [0.15, 0.2) is 5.31 Å². The van der Waals surface area contributed by atoms with Gasteiger partial charge < -0.3 is 4.74 Å². The zero-order valence-electron chi connectivity index (χ0n) is 11.9. The molecule has 7 nitrogen and oxygen atoms in total. The molecule has 0 atom stereocenters. The third-order valence-electron chi connectivity index (χ3n) is 1.75. The van der Waals surface area contributed by atoms with Crippen LogP contribution in [0.5, 0.6) is 0 Å². The van der Waals surface area contributed by atoms with Crippen LogP contribution in [0, 0.1) is 0 Å². The molecule has 19 heavy (non-hydrogen) atoms. The summed E-state index contributed by atoms with van der Waals surface area (Å²) in [6, 6.07) is 0. The van der Waals surface area contributed by atoms with E-state index in [9.17, 15) is 9.36 Å². The fraction of sp³-hybridized carbons (Fsp3) is 0.727. The lowest BCUT2D eigenvalue weighted by Crippen LogP contribution is -2.13. The highest BCUT2D eigenvalue weighted by Gasteiger charge is 2.40. The van der Waals surface area contributed by atoms with E-state index in [-0.39, 0.29) is 25.1 Å². The summed E-state index contributed by atoms with van der Waals surface area (Å²) in [5.74, 6) is -0.787. The molecule has 0 aromatic carbocycles. The van der Waals surface area contributed by atoms with Crippen LogP contribution in [0.2, 0.25) is 0 Å². The predicted octanol–water partition coefficient (Wildman–Crippen LogP) is 2.97. The van der Waals surface area contributed by atoms with Gasteiger partial charge in [-0.05, 0) is 34.6 Å². The average Bonchev–Trinajstić information content (AvgIpc) is 2.34. The Labute approximate surface area is 113 Å². The predicted molar refractivity (Wildman–Crippen MR) is 68.0 cm³/mol. The second-order valence-electron chi connectivity index (χ2n) is 3.53. The third-order valence-corrected chi connectivity index (χ3v) is 3.53. The van der Waals surface area contributed by atoms with Crippen molar-refractivity contribution in [3.63, 3.8) is 0 Å². The maximum atomic E-state index is 12.5. The van der Waals surface area contributed by atoms with Crippen molar-refractivity contribution in [2.45, 2.75) is 34.6 Å². The topological polar surface area (TPSA) is 80.3 Å². The van der Waals surface area contributed by atoms with Crippen LogP contribution in [-0.4, -0.2) is 25.8 Å². The molecular formula is C11H21O7P. The maximum absolute atomic E-state index is 12.5. The fourth-order valence-electron chi connectivity index (χ4n) is 1.12. The molecule has 8 heteroatoms. The van der Waals surface area contributed by atoms with Crippen molar-refractivity contribution >= 4 is 13.6 Å². The van der Waals surface area contributed by atoms with E-state index < -0.39 is 13.6 Å². The molecular weight excluding hydrogens is 275 g/mol. The Morgan fingerprint density at radius 2 is 1.42 bits per heavy atom. The summed E-state index contributed by atoms with van der Waals surface area (Å²) >= 11 is 0. The minimum atomic E-state index is -4.04. The normalized spacial score (nSPS) is 11.2. The molecule has 0 aliphatic carbocycles. The number of esters is 1. The summed E-state index contributed by atoms with van der Waals surface area (Å²) in [6.45, 7) is 8.50. The first-order valence-electron chi connectivity index (χ1n) is 6.00. The SMILES string of the molecule is CCOOP(=O)(OOCC)C(C(=O)OCC)=C(C)C. The fourth-order valence-corrected chi connectivity index (χ4v) is 2.62. The van der Waals surface area contributed by atoms with Crippen LogP contribution in [0.15, 0.2) is 10.9 Å². The number of ether oxygens (including phenoxy) is 1. The number of carbonyl (C=O) groups is 1. The number of hydrogen-bond acceptors (Lipinski definition) is 7. The Bertz CT molecular complexity index is 348. The first-order valence-corrected chi connectivity index (χ1v) is 7.54. The van der Waals surface area contributed by atoms with E-state index in [0.29, 0.717) is 5.57 Å². The van der Waals surface area contributed by atoms with Crippen LogP contribution in [0.3, 0.4) is 0 Å². The lowest BCUT2D eigenvalue weighted by atomic mass is 10.3. The molecule has 0 amide bonds. The number of carbonyl (C=O) groups excluding carboxylic acids is 1. The van der Waals surface area contributed by atoms with E-state index in [2.05, 4.69) is 9.78 Å². The van der Waals surface area contributed by atoms with E-state index >= 15 is 0 Å². The summed E-state index contributed by atoms with van der Waals surface area (Å²) in [4.78, 5) is 21.1. The highest BCUT2D eigenvalue weighted by Crippen LogP contribution is 2.58. The number of hydrogen-bond donors (Lipinski definition) is 0. The summed E-state index contributed by atoms with van der Waals surface area (Å²) in [7, 11) is -4.04. The van der Waals surface area contributed by atoms with E-state index in [1.807, 2.05) is 0 Å². The molecule has 0 heterocycles. The van der Waals surface area contributed by atoms with Gasteiger partial charge in [-0.25, -0.2) is 19.1 Å². The van der Waals surface area contributed by atoms with E-state index in [4.69, 9.17) is 14.1 Å². The van der Waals surface area contributed by atoms with Gasteiger partial charge in [0.1, 0.15) is 0 Å². The molecule has 0 aromatic rings. The molecule has 0 aromatic heterocycles. The van der Waals surface area contributed by atoms with Crippen molar-refractivity contribution < 1.29 is 33.2 Å². The maximum Gasteiger partial charge on any atom is 0.422 e. The quantitative estimate of drug-likeness (QED) is 0.213.